The fraction of sp³-hybridized carbons (Fsp3) is 0.200. The molecule has 1 aromatic heterocycles. The van der Waals surface area contributed by atoms with Crippen LogP contribution in [0.1, 0.15) is 22.2 Å². The Hall–Kier alpha value is -2.94. The molecule has 0 aliphatic rings. The van der Waals surface area contributed by atoms with Gasteiger partial charge in [0.05, 0.1) is 31.2 Å². The Morgan fingerprint density at radius 3 is 2.71 bits per heavy atom. The number of halogens is 2. The smallest absolute Gasteiger partial charge is 0.340 e. The van der Waals surface area contributed by atoms with E-state index < -0.39 is 41.0 Å². The Balaban J connectivity index is 2.02. The van der Waals surface area contributed by atoms with Crippen LogP contribution in [0.25, 0.3) is 0 Å². The fourth-order valence-corrected chi connectivity index (χ4v) is 1.85. The van der Waals surface area contributed by atoms with Crippen LogP contribution in [0.15, 0.2) is 34.9 Å². The number of furan rings is 1. The van der Waals surface area contributed by atoms with Gasteiger partial charge in [-0.05, 0) is 18.2 Å². The van der Waals surface area contributed by atoms with Crippen molar-refractivity contribution < 1.29 is 32.6 Å². The molecule has 2 aromatic rings. The summed E-state index contributed by atoms with van der Waals surface area (Å²) in [6, 6.07) is 3.51. The van der Waals surface area contributed by atoms with Crippen LogP contribution in [0.3, 0.4) is 0 Å². The molecule has 2 rings (SSSR count). The van der Waals surface area contributed by atoms with Crippen molar-refractivity contribution in [3.8, 4) is 0 Å². The highest BCUT2D eigenvalue weighted by atomic mass is 19.1. The molecule has 7 nitrogen and oxygen atoms in total. The molecule has 1 atom stereocenters. The van der Waals surface area contributed by atoms with E-state index in [1.165, 1.54) is 12.3 Å². The van der Waals surface area contributed by atoms with Crippen LogP contribution in [0.2, 0.25) is 0 Å². The van der Waals surface area contributed by atoms with Crippen LogP contribution in [0.4, 0.5) is 19.3 Å². The number of carbonyl (C=O) groups excluding carboxylic acids is 2. The fourth-order valence-electron chi connectivity index (χ4n) is 1.85. The number of amides is 2. The maximum atomic E-state index is 13.7. The van der Waals surface area contributed by atoms with Crippen LogP contribution in [-0.4, -0.2) is 30.8 Å². The van der Waals surface area contributed by atoms with Crippen molar-refractivity contribution in [2.75, 3.05) is 19.0 Å². The molecule has 9 heteroatoms. The van der Waals surface area contributed by atoms with Gasteiger partial charge in [-0.1, -0.05) is 0 Å². The minimum absolute atomic E-state index is 0.202. The number of urea groups is 1. The number of hydrogen-bond acceptors (Lipinski definition) is 5. The lowest BCUT2D eigenvalue weighted by molar-refractivity contribution is 0.0595. The normalized spacial score (nSPS) is 11.7. The number of benzene rings is 1. The topological polar surface area (TPSA) is 101 Å². The molecule has 0 aliphatic heterocycles. The second-order valence-electron chi connectivity index (χ2n) is 4.67. The molecular formula is C15H14F2N2O5. The number of esters is 1. The first-order valence-electron chi connectivity index (χ1n) is 6.76. The third-order valence-electron chi connectivity index (χ3n) is 3.04. The molecule has 1 aromatic carbocycles. The van der Waals surface area contributed by atoms with Gasteiger partial charge in [0, 0.05) is 6.07 Å². The predicted octanol–water partition coefficient (Wildman–Crippen LogP) is 2.20. The van der Waals surface area contributed by atoms with Crippen molar-refractivity contribution in [1.29, 1.82) is 0 Å². The first-order valence-corrected chi connectivity index (χ1v) is 6.76. The van der Waals surface area contributed by atoms with Crippen molar-refractivity contribution in [1.82, 2.24) is 5.32 Å². The maximum absolute atomic E-state index is 13.7. The van der Waals surface area contributed by atoms with Gasteiger partial charge in [-0.15, -0.1) is 0 Å². The average molecular weight is 340 g/mol. The number of carbonyl (C=O) groups is 2. The second kappa shape index (κ2) is 7.55. The van der Waals surface area contributed by atoms with Gasteiger partial charge in [-0.3, -0.25) is 0 Å². The maximum Gasteiger partial charge on any atom is 0.340 e. The lowest BCUT2D eigenvalue weighted by Gasteiger charge is -2.12. The van der Waals surface area contributed by atoms with E-state index in [1.54, 1.807) is 6.07 Å². The quantitative estimate of drug-likeness (QED) is 0.725. The van der Waals surface area contributed by atoms with Gasteiger partial charge in [-0.2, -0.15) is 0 Å². The highest BCUT2D eigenvalue weighted by Gasteiger charge is 2.18. The van der Waals surface area contributed by atoms with Gasteiger partial charge in [0.2, 0.25) is 0 Å². The number of aliphatic hydroxyl groups is 1. The molecule has 0 radical (unpaired) electrons. The van der Waals surface area contributed by atoms with Crippen molar-refractivity contribution in [2.45, 2.75) is 6.10 Å². The van der Waals surface area contributed by atoms with Crippen molar-refractivity contribution in [3.05, 3.63) is 53.5 Å². The number of methoxy groups -OCH3 is 1. The van der Waals surface area contributed by atoms with Crippen LogP contribution >= 0.6 is 0 Å². The zero-order chi connectivity index (χ0) is 17.7. The van der Waals surface area contributed by atoms with Gasteiger partial charge in [0.25, 0.3) is 0 Å². The first kappa shape index (κ1) is 17.4. The molecule has 2 amide bonds. The van der Waals surface area contributed by atoms with E-state index in [0.29, 0.717) is 6.07 Å². The van der Waals surface area contributed by atoms with E-state index in [4.69, 9.17) is 4.42 Å². The third kappa shape index (κ3) is 4.07. The summed E-state index contributed by atoms with van der Waals surface area (Å²) in [7, 11) is 1.04. The molecule has 0 saturated carbocycles. The van der Waals surface area contributed by atoms with Crippen LogP contribution in [0.5, 0.6) is 0 Å². The summed E-state index contributed by atoms with van der Waals surface area (Å²) in [5.41, 5.74) is -0.938. The Morgan fingerprint density at radius 1 is 1.33 bits per heavy atom. The Bertz CT molecular complexity index is 734. The van der Waals surface area contributed by atoms with Crippen molar-refractivity contribution in [2.24, 2.45) is 0 Å². The summed E-state index contributed by atoms with van der Waals surface area (Å²) in [5, 5.41) is 14.1. The number of hydrogen-bond donors (Lipinski definition) is 3. The number of ether oxygens (including phenoxy) is 1. The minimum Gasteiger partial charge on any atom is -0.467 e. The zero-order valence-electron chi connectivity index (χ0n) is 12.5. The standard InChI is InChI=1S/C15H14F2N2O5/c1-23-14(21)8-5-11(10(17)6-9(8)16)19-15(22)18-7-12(20)13-3-2-4-24-13/h2-6,12,20H,7H2,1H3,(H2,18,19,22). The van der Waals surface area contributed by atoms with Crippen LogP contribution < -0.4 is 10.6 Å². The molecule has 1 unspecified atom stereocenters. The van der Waals surface area contributed by atoms with Crippen molar-refractivity contribution in [3.63, 3.8) is 0 Å². The number of anilines is 1. The highest BCUT2D eigenvalue weighted by molar-refractivity contribution is 5.94. The van der Waals surface area contributed by atoms with Crippen molar-refractivity contribution >= 4 is 17.7 Å². The summed E-state index contributed by atoms with van der Waals surface area (Å²) in [5.74, 6) is -2.94. The monoisotopic (exact) mass is 340 g/mol. The molecule has 0 fully saturated rings. The zero-order valence-corrected chi connectivity index (χ0v) is 12.5. The van der Waals surface area contributed by atoms with Crippen LogP contribution in [-0.2, 0) is 4.74 Å². The predicted molar refractivity (Wildman–Crippen MR) is 78.4 cm³/mol. The lowest BCUT2D eigenvalue weighted by atomic mass is 10.2. The average Bonchev–Trinajstić information content (AvgIpc) is 3.09. The van der Waals surface area contributed by atoms with Gasteiger partial charge >= 0.3 is 12.0 Å². The molecule has 0 saturated heterocycles. The van der Waals surface area contributed by atoms with E-state index in [2.05, 4.69) is 15.4 Å². The third-order valence-corrected chi connectivity index (χ3v) is 3.04. The molecule has 0 aliphatic carbocycles. The molecule has 0 spiro atoms. The van der Waals surface area contributed by atoms with E-state index in [-0.39, 0.29) is 12.3 Å². The number of nitrogens with one attached hydrogen (secondary N) is 2. The van der Waals surface area contributed by atoms with Crippen LogP contribution in [0, 0.1) is 11.6 Å². The first-order chi connectivity index (χ1) is 11.4. The van der Waals surface area contributed by atoms with Gasteiger partial charge in [0.1, 0.15) is 23.5 Å². The van der Waals surface area contributed by atoms with E-state index >= 15 is 0 Å². The molecule has 24 heavy (non-hydrogen) atoms. The summed E-state index contributed by atoms with van der Waals surface area (Å²) in [6.45, 7) is -0.202. The second-order valence-corrected chi connectivity index (χ2v) is 4.67. The summed E-state index contributed by atoms with van der Waals surface area (Å²) < 4.78 is 36.5. The lowest BCUT2D eigenvalue weighted by Crippen LogP contribution is -2.32. The molecule has 0 bridgehead atoms. The van der Waals surface area contributed by atoms with E-state index in [9.17, 15) is 23.5 Å². The SMILES string of the molecule is COC(=O)c1cc(NC(=O)NCC(O)c2ccco2)c(F)cc1F. The molecule has 128 valence electrons. The summed E-state index contributed by atoms with van der Waals surface area (Å²) in [4.78, 5) is 23.1. The van der Waals surface area contributed by atoms with Gasteiger partial charge in [-0.25, -0.2) is 18.4 Å². The largest absolute Gasteiger partial charge is 0.467 e. The Morgan fingerprint density at radius 2 is 2.08 bits per heavy atom. The van der Waals surface area contributed by atoms with E-state index in [0.717, 1.165) is 13.2 Å². The highest BCUT2D eigenvalue weighted by Crippen LogP contribution is 2.20. The number of rotatable bonds is 5. The molecule has 1 heterocycles. The summed E-state index contributed by atoms with van der Waals surface area (Å²) in [6.07, 6.45) is 0.273. The number of aliphatic hydroxyl groups excluding tert-OH is 1. The minimum atomic E-state index is -1.11. The molecule has 3 N–H and O–H groups in total. The van der Waals surface area contributed by atoms with Gasteiger partial charge in [0.15, 0.2) is 0 Å². The Labute approximate surface area is 135 Å². The molecular weight excluding hydrogens is 326 g/mol. The summed E-state index contributed by atoms with van der Waals surface area (Å²) >= 11 is 0. The Kier molecular flexibility index (Phi) is 5.48. The van der Waals surface area contributed by atoms with E-state index in [1.807, 2.05) is 0 Å². The van der Waals surface area contributed by atoms with Gasteiger partial charge < -0.3 is 24.9 Å².